The van der Waals surface area contributed by atoms with Gasteiger partial charge >= 0.3 is 12.0 Å². The summed E-state index contributed by atoms with van der Waals surface area (Å²) in [7, 11) is 0. The maximum Gasteiger partial charge on any atom is 0.332 e. The summed E-state index contributed by atoms with van der Waals surface area (Å²) in [6, 6.07) is -0.188. The molecule has 0 bridgehead atoms. The van der Waals surface area contributed by atoms with Gasteiger partial charge in [-0.05, 0) is 5.92 Å². The minimum absolute atomic E-state index is 0.0222. The van der Waals surface area contributed by atoms with E-state index in [9.17, 15) is 9.59 Å². The van der Waals surface area contributed by atoms with E-state index in [2.05, 4.69) is 24.1 Å². The highest BCUT2D eigenvalue weighted by molar-refractivity contribution is 5.74. The van der Waals surface area contributed by atoms with Crippen molar-refractivity contribution in [2.45, 2.75) is 26.4 Å². The third kappa shape index (κ3) is 5.75. The second kappa shape index (κ2) is 8.06. The SMILES string of the molecule is CC(C)CN1CCN(C(=O)NCC[C@H](O)C(=O)O)CC1. The van der Waals surface area contributed by atoms with Crippen molar-refractivity contribution < 1.29 is 19.8 Å². The van der Waals surface area contributed by atoms with Crippen LogP contribution in [-0.4, -0.2) is 77.4 Å². The Balaban J connectivity index is 2.21. The fourth-order valence-electron chi connectivity index (χ4n) is 2.20. The van der Waals surface area contributed by atoms with Gasteiger partial charge in [0.15, 0.2) is 6.10 Å². The number of hydrogen-bond acceptors (Lipinski definition) is 4. The van der Waals surface area contributed by atoms with Gasteiger partial charge in [0, 0.05) is 45.7 Å². The molecule has 1 aliphatic rings. The predicted octanol–water partition coefficient (Wildman–Crippen LogP) is -0.195. The van der Waals surface area contributed by atoms with Gasteiger partial charge in [0.05, 0.1) is 0 Å². The lowest BCUT2D eigenvalue weighted by Crippen LogP contribution is -2.52. The van der Waals surface area contributed by atoms with Crippen LogP contribution in [0.4, 0.5) is 4.79 Å². The monoisotopic (exact) mass is 287 g/mol. The van der Waals surface area contributed by atoms with Crippen molar-refractivity contribution in [2.75, 3.05) is 39.3 Å². The van der Waals surface area contributed by atoms with Gasteiger partial charge in [-0.1, -0.05) is 13.8 Å². The van der Waals surface area contributed by atoms with Crippen LogP contribution in [0.1, 0.15) is 20.3 Å². The second-order valence-electron chi connectivity index (χ2n) is 5.56. The lowest BCUT2D eigenvalue weighted by Gasteiger charge is -2.35. The third-order valence-corrected chi connectivity index (χ3v) is 3.26. The van der Waals surface area contributed by atoms with Gasteiger partial charge in [0.1, 0.15) is 0 Å². The van der Waals surface area contributed by atoms with Crippen LogP contribution in [-0.2, 0) is 4.79 Å². The molecule has 0 aromatic heterocycles. The molecule has 1 rings (SSSR count). The molecule has 0 unspecified atom stereocenters. The molecule has 20 heavy (non-hydrogen) atoms. The molecule has 0 radical (unpaired) electrons. The Morgan fingerprint density at radius 1 is 1.20 bits per heavy atom. The van der Waals surface area contributed by atoms with Crippen LogP contribution in [0.5, 0.6) is 0 Å². The summed E-state index contributed by atoms with van der Waals surface area (Å²) < 4.78 is 0. The molecule has 0 aliphatic carbocycles. The maximum absolute atomic E-state index is 11.8. The number of nitrogens with zero attached hydrogens (tertiary/aromatic N) is 2. The molecule has 7 nitrogen and oxygen atoms in total. The van der Waals surface area contributed by atoms with Crippen molar-refractivity contribution in [3.05, 3.63) is 0 Å². The number of aliphatic carboxylic acids is 1. The average Bonchev–Trinajstić information content (AvgIpc) is 2.38. The highest BCUT2D eigenvalue weighted by atomic mass is 16.4. The number of carbonyl (C=O) groups excluding carboxylic acids is 1. The first-order valence-electron chi connectivity index (χ1n) is 7.06. The number of aliphatic hydroxyl groups is 1. The first-order valence-corrected chi connectivity index (χ1v) is 7.06. The molecule has 3 N–H and O–H groups in total. The number of carbonyl (C=O) groups is 2. The molecule has 0 aromatic carbocycles. The summed E-state index contributed by atoms with van der Waals surface area (Å²) in [5.41, 5.74) is 0. The number of aliphatic hydroxyl groups excluding tert-OH is 1. The molecule has 1 aliphatic heterocycles. The van der Waals surface area contributed by atoms with E-state index in [0.717, 1.165) is 19.6 Å². The Hall–Kier alpha value is -1.34. The summed E-state index contributed by atoms with van der Waals surface area (Å²) >= 11 is 0. The van der Waals surface area contributed by atoms with Gasteiger partial charge in [0.2, 0.25) is 0 Å². The zero-order valence-corrected chi connectivity index (χ0v) is 12.2. The predicted molar refractivity (Wildman–Crippen MR) is 74.5 cm³/mol. The van der Waals surface area contributed by atoms with E-state index in [-0.39, 0.29) is 19.0 Å². The molecule has 0 spiro atoms. The number of carboxylic acid groups (broad SMARTS) is 1. The van der Waals surface area contributed by atoms with Crippen molar-refractivity contribution in [1.82, 2.24) is 15.1 Å². The molecule has 1 atom stereocenters. The van der Waals surface area contributed by atoms with Crippen LogP contribution in [0.2, 0.25) is 0 Å². The molecule has 0 saturated carbocycles. The number of amides is 2. The number of carboxylic acids is 1. The van der Waals surface area contributed by atoms with Crippen LogP contribution in [0.15, 0.2) is 0 Å². The molecule has 116 valence electrons. The minimum Gasteiger partial charge on any atom is -0.479 e. The molecule has 1 saturated heterocycles. The van der Waals surface area contributed by atoms with Crippen LogP contribution < -0.4 is 5.32 Å². The average molecular weight is 287 g/mol. The van der Waals surface area contributed by atoms with Crippen LogP contribution in [0.3, 0.4) is 0 Å². The van der Waals surface area contributed by atoms with E-state index in [1.165, 1.54) is 0 Å². The van der Waals surface area contributed by atoms with Crippen LogP contribution >= 0.6 is 0 Å². The van der Waals surface area contributed by atoms with Crippen molar-refractivity contribution in [2.24, 2.45) is 5.92 Å². The lowest BCUT2D eigenvalue weighted by atomic mass is 10.2. The number of piperazine rings is 1. The summed E-state index contributed by atoms with van der Waals surface area (Å²) in [5.74, 6) is -0.644. The standard InChI is InChI=1S/C13H25N3O4/c1-10(2)9-15-5-7-16(8-6-15)13(20)14-4-3-11(17)12(18)19/h10-11,17H,3-9H2,1-2H3,(H,14,20)(H,18,19)/t11-/m0/s1. The lowest BCUT2D eigenvalue weighted by molar-refractivity contribution is -0.146. The Kier molecular flexibility index (Phi) is 6.74. The molecular formula is C13H25N3O4. The van der Waals surface area contributed by atoms with Crippen LogP contribution in [0.25, 0.3) is 0 Å². The number of hydrogen-bond donors (Lipinski definition) is 3. The van der Waals surface area contributed by atoms with Gasteiger partial charge in [-0.3, -0.25) is 4.90 Å². The normalized spacial score (nSPS) is 18.1. The van der Waals surface area contributed by atoms with Gasteiger partial charge in [-0.2, -0.15) is 0 Å². The third-order valence-electron chi connectivity index (χ3n) is 3.26. The van der Waals surface area contributed by atoms with Crippen molar-refractivity contribution in [3.63, 3.8) is 0 Å². The highest BCUT2D eigenvalue weighted by Gasteiger charge is 2.21. The Bertz CT molecular complexity index is 328. The molecule has 7 heteroatoms. The molecular weight excluding hydrogens is 262 g/mol. The minimum atomic E-state index is -1.42. The smallest absolute Gasteiger partial charge is 0.332 e. The van der Waals surface area contributed by atoms with E-state index in [0.29, 0.717) is 19.0 Å². The Morgan fingerprint density at radius 3 is 2.30 bits per heavy atom. The van der Waals surface area contributed by atoms with Crippen LogP contribution in [0, 0.1) is 5.92 Å². The van der Waals surface area contributed by atoms with Gasteiger partial charge in [-0.25, -0.2) is 9.59 Å². The Labute approximate surface area is 119 Å². The molecule has 0 aromatic rings. The second-order valence-corrected chi connectivity index (χ2v) is 5.56. The van der Waals surface area contributed by atoms with E-state index >= 15 is 0 Å². The molecule has 2 amide bonds. The molecule has 1 fully saturated rings. The summed E-state index contributed by atoms with van der Waals surface area (Å²) in [6.45, 7) is 8.64. The number of urea groups is 1. The zero-order valence-electron chi connectivity index (χ0n) is 12.2. The summed E-state index contributed by atoms with van der Waals surface area (Å²) in [5, 5.41) is 20.3. The highest BCUT2D eigenvalue weighted by Crippen LogP contribution is 2.05. The zero-order chi connectivity index (χ0) is 15.1. The van der Waals surface area contributed by atoms with E-state index in [1.54, 1.807) is 4.90 Å². The van der Waals surface area contributed by atoms with Crippen molar-refractivity contribution in [1.29, 1.82) is 0 Å². The maximum atomic E-state index is 11.8. The van der Waals surface area contributed by atoms with Crippen molar-refractivity contribution >= 4 is 12.0 Å². The molecule has 1 heterocycles. The quantitative estimate of drug-likeness (QED) is 0.629. The van der Waals surface area contributed by atoms with Crippen molar-refractivity contribution in [3.8, 4) is 0 Å². The van der Waals surface area contributed by atoms with Gasteiger partial charge < -0.3 is 20.4 Å². The van der Waals surface area contributed by atoms with Gasteiger partial charge in [0.25, 0.3) is 0 Å². The van der Waals surface area contributed by atoms with E-state index in [1.807, 2.05) is 0 Å². The first kappa shape index (κ1) is 16.7. The van der Waals surface area contributed by atoms with E-state index in [4.69, 9.17) is 10.2 Å². The number of rotatable bonds is 6. The fraction of sp³-hybridized carbons (Fsp3) is 0.846. The summed E-state index contributed by atoms with van der Waals surface area (Å²) in [4.78, 5) is 26.3. The van der Waals surface area contributed by atoms with Gasteiger partial charge in [-0.15, -0.1) is 0 Å². The fourth-order valence-corrected chi connectivity index (χ4v) is 2.20. The summed E-state index contributed by atoms with van der Waals surface area (Å²) in [6.07, 6.45) is -1.40. The van der Waals surface area contributed by atoms with E-state index < -0.39 is 12.1 Å². The number of nitrogens with one attached hydrogen (secondary N) is 1. The largest absolute Gasteiger partial charge is 0.479 e. The Morgan fingerprint density at radius 2 is 1.80 bits per heavy atom. The topological polar surface area (TPSA) is 93.1 Å². The first-order chi connectivity index (χ1) is 9.40.